The number of rotatable bonds is 3. The van der Waals surface area contributed by atoms with Gasteiger partial charge in [0.25, 0.3) is 0 Å². The second-order valence-electron chi connectivity index (χ2n) is 5.35. The maximum absolute atomic E-state index is 4.39. The van der Waals surface area contributed by atoms with Crippen LogP contribution in [0.5, 0.6) is 0 Å². The molecule has 2 heterocycles. The third kappa shape index (κ3) is 2.68. The molecule has 1 aliphatic heterocycles. The SMILES string of the molecule is CC1CCN(c2cc(NC3CC3)ncn2)CC1. The van der Waals surface area contributed by atoms with Crippen LogP contribution < -0.4 is 10.2 Å². The van der Waals surface area contributed by atoms with Crippen molar-refractivity contribution in [3.05, 3.63) is 12.4 Å². The summed E-state index contributed by atoms with van der Waals surface area (Å²) in [5.41, 5.74) is 0. The number of anilines is 2. The summed E-state index contributed by atoms with van der Waals surface area (Å²) in [4.78, 5) is 11.0. The first-order chi connectivity index (χ1) is 8.31. The number of hydrogen-bond acceptors (Lipinski definition) is 4. The van der Waals surface area contributed by atoms with Gasteiger partial charge in [0.1, 0.15) is 18.0 Å². The minimum absolute atomic E-state index is 0.652. The zero-order chi connectivity index (χ0) is 11.7. The van der Waals surface area contributed by atoms with Gasteiger partial charge >= 0.3 is 0 Å². The van der Waals surface area contributed by atoms with Gasteiger partial charge in [-0.3, -0.25) is 0 Å². The molecular weight excluding hydrogens is 212 g/mol. The highest BCUT2D eigenvalue weighted by Gasteiger charge is 2.22. The molecule has 2 aliphatic rings. The van der Waals surface area contributed by atoms with Gasteiger partial charge in [-0.1, -0.05) is 6.92 Å². The van der Waals surface area contributed by atoms with Crippen molar-refractivity contribution >= 4 is 11.6 Å². The van der Waals surface area contributed by atoms with Gasteiger partial charge in [0.15, 0.2) is 0 Å². The smallest absolute Gasteiger partial charge is 0.134 e. The molecule has 0 spiro atoms. The molecule has 0 atom stereocenters. The van der Waals surface area contributed by atoms with Gasteiger partial charge in [0.2, 0.25) is 0 Å². The Morgan fingerprint density at radius 1 is 1.18 bits per heavy atom. The van der Waals surface area contributed by atoms with E-state index in [0.29, 0.717) is 6.04 Å². The van der Waals surface area contributed by atoms with Crippen molar-refractivity contribution in [1.82, 2.24) is 9.97 Å². The largest absolute Gasteiger partial charge is 0.367 e. The van der Waals surface area contributed by atoms with Crippen LogP contribution in [0, 0.1) is 5.92 Å². The monoisotopic (exact) mass is 232 g/mol. The van der Waals surface area contributed by atoms with E-state index in [2.05, 4.69) is 33.2 Å². The molecule has 1 N–H and O–H groups in total. The van der Waals surface area contributed by atoms with Gasteiger partial charge in [0.05, 0.1) is 0 Å². The number of nitrogens with zero attached hydrogens (tertiary/aromatic N) is 3. The zero-order valence-electron chi connectivity index (χ0n) is 10.4. The summed E-state index contributed by atoms with van der Waals surface area (Å²) in [6.45, 7) is 4.58. The van der Waals surface area contributed by atoms with E-state index in [4.69, 9.17) is 0 Å². The molecule has 2 fully saturated rings. The number of piperidine rings is 1. The third-order valence-electron chi connectivity index (χ3n) is 3.69. The highest BCUT2D eigenvalue weighted by Crippen LogP contribution is 2.26. The van der Waals surface area contributed by atoms with E-state index in [1.165, 1.54) is 25.7 Å². The second-order valence-corrected chi connectivity index (χ2v) is 5.35. The average molecular weight is 232 g/mol. The predicted octanol–water partition coefficient (Wildman–Crippen LogP) is 2.29. The molecule has 1 aromatic heterocycles. The van der Waals surface area contributed by atoms with E-state index in [-0.39, 0.29) is 0 Å². The summed E-state index contributed by atoms with van der Waals surface area (Å²) in [5.74, 6) is 2.92. The fourth-order valence-electron chi connectivity index (χ4n) is 2.27. The lowest BCUT2D eigenvalue weighted by Crippen LogP contribution is -2.33. The first-order valence-electron chi connectivity index (χ1n) is 6.65. The van der Waals surface area contributed by atoms with E-state index >= 15 is 0 Å². The maximum atomic E-state index is 4.39. The molecule has 0 aromatic carbocycles. The van der Waals surface area contributed by atoms with Crippen LogP contribution in [0.3, 0.4) is 0 Å². The minimum atomic E-state index is 0.652. The number of nitrogens with one attached hydrogen (secondary N) is 1. The fraction of sp³-hybridized carbons (Fsp3) is 0.692. The highest BCUT2D eigenvalue weighted by atomic mass is 15.2. The molecule has 1 saturated heterocycles. The Bertz CT molecular complexity index is 381. The first-order valence-corrected chi connectivity index (χ1v) is 6.65. The Kier molecular flexibility index (Phi) is 2.87. The molecule has 4 heteroatoms. The first kappa shape index (κ1) is 10.8. The lowest BCUT2D eigenvalue weighted by atomic mass is 9.99. The van der Waals surface area contributed by atoms with Gasteiger partial charge in [-0.25, -0.2) is 9.97 Å². The van der Waals surface area contributed by atoms with E-state index in [9.17, 15) is 0 Å². The molecule has 1 saturated carbocycles. The van der Waals surface area contributed by atoms with Crippen molar-refractivity contribution in [2.45, 2.75) is 38.6 Å². The van der Waals surface area contributed by atoms with Gasteiger partial charge in [-0.15, -0.1) is 0 Å². The van der Waals surface area contributed by atoms with Crippen LogP contribution in [0.2, 0.25) is 0 Å². The molecule has 1 aliphatic carbocycles. The summed E-state index contributed by atoms with van der Waals surface area (Å²) >= 11 is 0. The number of aromatic nitrogens is 2. The van der Waals surface area contributed by atoms with Crippen LogP contribution in [0.15, 0.2) is 12.4 Å². The minimum Gasteiger partial charge on any atom is -0.367 e. The van der Waals surface area contributed by atoms with Crippen molar-refractivity contribution in [2.75, 3.05) is 23.3 Å². The fourth-order valence-corrected chi connectivity index (χ4v) is 2.27. The molecule has 1 aromatic rings. The topological polar surface area (TPSA) is 41.0 Å². The van der Waals surface area contributed by atoms with Gasteiger partial charge in [0, 0.05) is 25.2 Å². The molecular formula is C13H20N4. The summed E-state index contributed by atoms with van der Waals surface area (Å²) < 4.78 is 0. The third-order valence-corrected chi connectivity index (χ3v) is 3.69. The van der Waals surface area contributed by atoms with Crippen LogP contribution in [-0.4, -0.2) is 29.1 Å². The van der Waals surface area contributed by atoms with Gasteiger partial charge < -0.3 is 10.2 Å². The summed E-state index contributed by atoms with van der Waals surface area (Å²) in [6, 6.07) is 2.74. The molecule has 4 nitrogen and oxygen atoms in total. The standard InChI is InChI=1S/C13H20N4/c1-10-4-6-17(7-5-10)13-8-12(14-9-15-13)16-11-2-3-11/h8-11H,2-7H2,1H3,(H,14,15,16). The Balaban J connectivity index is 1.68. The molecule has 0 unspecified atom stereocenters. The van der Waals surface area contributed by atoms with Crippen molar-refractivity contribution < 1.29 is 0 Å². The van der Waals surface area contributed by atoms with E-state index in [1.54, 1.807) is 6.33 Å². The Hall–Kier alpha value is -1.32. The lowest BCUT2D eigenvalue weighted by Gasteiger charge is -2.31. The van der Waals surface area contributed by atoms with Crippen LogP contribution in [0.25, 0.3) is 0 Å². The van der Waals surface area contributed by atoms with Crippen molar-refractivity contribution in [1.29, 1.82) is 0 Å². The predicted molar refractivity (Wildman–Crippen MR) is 69.3 cm³/mol. The second kappa shape index (κ2) is 4.51. The molecule has 0 bridgehead atoms. The normalized spacial score (nSPS) is 21.6. The summed E-state index contributed by atoms with van der Waals surface area (Å²) in [7, 11) is 0. The Morgan fingerprint density at radius 3 is 2.65 bits per heavy atom. The number of hydrogen-bond donors (Lipinski definition) is 1. The van der Waals surface area contributed by atoms with E-state index in [1.807, 2.05) is 0 Å². The van der Waals surface area contributed by atoms with Crippen molar-refractivity contribution in [3.8, 4) is 0 Å². The van der Waals surface area contributed by atoms with Crippen LogP contribution in [0.4, 0.5) is 11.6 Å². The van der Waals surface area contributed by atoms with Gasteiger partial charge in [-0.2, -0.15) is 0 Å². The summed E-state index contributed by atoms with van der Waals surface area (Å²) in [5, 5.41) is 3.43. The Morgan fingerprint density at radius 2 is 1.94 bits per heavy atom. The molecule has 3 rings (SSSR count). The van der Waals surface area contributed by atoms with E-state index < -0.39 is 0 Å². The van der Waals surface area contributed by atoms with Gasteiger partial charge in [-0.05, 0) is 31.6 Å². The van der Waals surface area contributed by atoms with Crippen LogP contribution >= 0.6 is 0 Å². The molecule has 17 heavy (non-hydrogen) atoms. The lowest BCUT2D eigenvalue weighted by molar-refractivity contribution is 0.436. The maximum Gasteiger partial charge on any atom is 0.134 e. The highest BCUT2D eigenvalue weighted by molar-refractivity contribution is 5.49. The van der Waals surface area contributed by atoms with Crippen LogP contribution in [0.1, 0.15) is 32.6 Å². The average Bonchev–Trinajstić information content (AvgIpc) is 3.14. The Labute approximate surface area is 102 Å². The molecule has 0 amide bonds. The molecule has 0 radical (unpaired) electrons. The van der Waals surface area contributed by atoms with Crippen molar-refractivity contribution in [3.63, 3.8) is 0 Å². The molecule has 92 valence electrons. The summed E-state index contributed by atoms with van der Waals surface area (Å²) in [6.07, 6.45) is 6.78. The van der Waals surface area contributed by atoms with Crippen LogP contribution in [-0.2, 0) is 0 Å². The zero-order valence-corrected chi connectivity index (χ0v) is 10.4. The van der Waals surface area contributed by atoms with E-state index in [0.717, 1.165) is 30.6 Å². The quantitative estimate of drug-likeness (QED) is 0.868. The van der Waals surface area contributed by atoms with Crippen molar-refractivity contribution in [2.24, 2.45) is 5.92 Å².